The minimum absolute atomic E-state index is 0.325. The molecule has 4 nitrogen and oxygen atoms in total. The second-order valence-corrected chi connectivity index (χ2v) is 10.4. The third kappa shape index (κ3) is 4.79. The Labute approximate surface area is 188 Å². The number of fused-ring (bicyclic) bond motifs is 1. The lowest BCUT2D eigenvalue weighted by Crippen LogP contribution is -2.44. The number of hydrogen-bond acceptors (Lipinski definition) is 4. The molecule has 2 atom stereocenters. The molecular formula is C26H38BNO3. The van der Waals surface area contributed by atoms with E-state index in [2.05, 4.69) is 82.8 Å². The molecule has 2 aromatic rings. The number of nitrogens with zero attached hydrogens (tertiary/aromatic N) is 1. The van der Waals surface area contributed by atoms with Crippen LogP contribution in [0.1, 0.15) is 67.2 Å². The van der Waals surface area contributed by atoms with Gasteiger partial charge in [0.05, 0.1) is 17.8 Å². The Morgan fingerprint density at radius 2 is 1.55 bits per heavy atom. The molecule has 0 spiro atoms. The molecule has 0 N–H and O–H groups in total. The summed E-state index contributed by atoms with van der Waals surface area (Å²) in [5.74, 6) is 0.940. The van der Waals surface area contributed by atoms with Crippen LogP contribution in [0, 0.1) is 0 Å². The highest BCUT2D eigenvalue weighted by molar-refractivity contribution is 6.62. The van der Waals surface area contributed by atoms with Crippen molar-refractivity contribution in [3.05, 3.63) is 36.4 Å². The van der Waals surface area contributed by atoms with E-state index >= 15 is 0 Å². The molecule has 0 amide bonds. The molecule has 2 fully saturated rings. The Bertz CT molecular complexity index is 887. The van der Waals surface area contributed by atoms with Crippen molar-refractivity contribution in [3.63, 3.8) is 0 Å². The van der Waals surface area contributed by atoms with Gasteiger partial charge < -0.3 is 14.0 Å². The fraction of sp³-hybridized carbons (Fsp3) is 0.615. The molecule has 2 aliphatic heterocycles. The Kier molecular flexibility index (Phi) is 6.40. The van der Waals surface area contributed by atoms with Gasteiger partial charge in [-0.05, 0) is 89.2 Å². The first-order valence-electron chi connectivity index (χ1n) is 11.9. The summed E-state index contributed by atoms with van der Waals surface area (Å²) in [4.78, 5) is 2.64. The Morgan fingerprint density at radius 1 is 0.935 bits per heavy atom. The normalized spacial score (nSPS) is 25.8. The quantitative estimate of drug-likeness (QED) is 0.474. The summed E-state index contributed by atoms with van der Waals surface area (Å²) in [5.41, 5.74) is 0.409. The topological polar surface area (TPSA) is 30.9 Å². The van der Waals surface area contributed by atoms with Gasteiger partial charge in [0.15, 0.2) is 0 Å². The van der Waals surface area contributed by atoms with E-state index in [0.29, 0.717) is 12.1 Å². The summed E-state index contributed by atoms with van der Waals surface area (Å²) in [5, 5.41) is 2.35. The summed E-state index contributed by atoms with van der Waals surface area (Å²) < 4.78 is 18.5. The van der Waals surface area contributed by atoms with E-state index < -0.39 is 0 Å². The van der Waals surface area contributed by atoms with Crippen LogP contribution in [0.4, 0.5) is 0 Å². The Hall–Kier alpha value is -1.56. The Morgan fingerprint density at radius 3 is 2.23 bits per heavy atom. The third-order valence-corrected chi connectivity index (χ3v) is 7.57. The molecule has 0 saturated carbocycles. The van der Waals surface area contributed by atoms with Gasteiger partial charge in [-0.15, -0.1) is 0 Å². The highest BCUT2D eigenvalue weighted by atomic mass is 16.7. The first-order valence-corrected chi connectivity index (χ1v) is 11.9. The molecule has 2 aliphatic rings. The SMILES string of the molecule is CC1CCCC(C)N1CCCOc1ccc2cc(B3OC(C)(C)C(C)(C)O3)ccc2c1. The standard InChI is InChI=1S/C26H38BNO3/c1-19-9-7-10-20(2)28(19)15-8-16-29-24-14-12-21-17-23(13-11-22(21)18-24)27-30-25(3,4)26(5,6)31-27/h11-14,17-20H,7-10,15-16H2,1-6H3. The molecule has 0 bridgehead atoms. The first kappa shape index (κ1) is 22.6. The Balaban J connectivity index is 1.35. The molecular weight excluding hydrogens is 385 g/mol. The lowest BCUT2D eigenvalue weighted by Gasteiger charge is -2.39. The van der Waals surface area contributed by atoms with Gasteiger partial charge in [-0.3, -0.25) is 4.90 Å². The lowest BCUT2D eigenvalue weighted by atomic mass is 9.78. The van der Waals surface area contributed by atoms with E-state index in [1.54, 1.807) is 0 Å². The van der Waals surface area contributed by atoms with Crippen LogP contribution in [-0.4, -0.2) is 48.5 Å². The minimum atomic E-state index is -0.329. The average molecular weight is 423 g/mol. The van der Waals surface area contributed by atoms with E-state index in [1.165, 1.54) is 30.0 Å². The summed E-state index contributed by atoms with van der Waals surface area (Å²) >= 11 is 0. The molecule has 168 valence electrons. The van der Waals surface area contributed by atoms with Gasteiger partial charge >= 0.3 is 7.12 Å². The second kappa shape index (κ2) is 8.76. The van der Waals surface area contributed by atoms with Gasteiger partial charge in [0.2, 0.25) is 0 Å². The van der Waals surface area contributed by atoms with Crippen molar-refractivity contribution in [2.45, 2.75) is 90.5 Å². The largest absolute Gasteiger partial charge is 0.494 e. The monoisotopic (exact) mass is 423 g/mol. The number of likely N-dealkylation sites (tertiary alicyclic amines) is 1. The molecule has 0 aromatic heterocycles. The molecule has 2 heterocycles. The highest BCUT2D eigenvalue weighted by Crippen LogP contribution is 2.36. The summed E-state index contributed by atoms with van der Waals surface area (Å²) in [6.07, 6.45) is 5.07. The fourth-order valence-corrected chi connectivity index (χ4v) is 4.81. The van der Waals surface area contributed by atoms with Crippen LogP contribution < -0.4 is 10.2 Å². The predicted molar refractivity (Wildman–Crippen MR) is 129 cm³/mol. The van der Waals surface area contributed by atoms with Gasteiger partial charge in [0.1, 0.15) is 5.75 Å². The summed E-state index contributed by atoms with van der Waals surface area (Å²) in [6.45, 7) is 14.9. The van der Waals surface area contributed by atoms with E-state index in [0.717, 1.165) is 30.8 Å². The molecule has 4 rings (SSSR count). The van der Waals surface area contributed by atoms with Gasteiger partial charge in [0.25, 0.3) is 0 Å². The van der Waals surface area contributed by atoms with Crippen molar-refractivity contribution in [3.8, 4) is 5.75 Å². The number of benzene rings is 2. The van der Waals surface area contributed by atoms with Crippen LogP contribution in [0.3, 0.4) is 0 Å². The lowest BCUT2D eigenvalue weighted by molar-refractivity contribution is 0.00578. The number of piperidine rings is 1. The van der Waals surface area contributed by atoms with Crippen LogP contribution in [0.25, 0.3) is 10.8 Å². The maximum absolute atomic E-state index is 6.20. The van der Waals surface area contributed by atoms with Crippen molar-refractivity contribution in [2.75, 3.05) is 13.2 Å². The molecule has 2 saturated heterocycles. The van der Waals surface area contributed by atoms with Crippen LogP contribution >= 0.6 is 0 Å². The van der Waals surface area contributed by atoms with Gasteiger partial charge in [-0.25, -0.2) is 0 Å². The third-order valence-electron chi connectivity index (χ3n) is 7.57. The van der Waals surface area contributed by atoms with Gasteiger partial charge in [0, 0.05) is 18.6 Å². The van der Waals surface area contributed by atoms with E-state index in [4.69, 9.17) is 14.0 Å². The van der Waals surface area contributed by atoms with Crippen molar-refractivity contribution in [1.29, 1.82) is 0 Å². The fourth-order valence-electron chi connectivity index (χ4n) is 4.81. The first-order chi connectivity index (χ1) is 14.7. The van der Waals surface area contributed by atoms with E-state index in [1.807, 2.05) is 0 Å². The highest BCUT2D eigenvalue weighted by Gasteiger charge is 2.51. The van der Waals surface area contributed by atoms with Crippen LogP contribution in [0.15, 0.2) is 36.4 Å². The number of ether oxygens (including phenoxy) is 1. The van der Waals surface area contributed by atoms with Gasteiger partial charge in [-0.1, -0.05) is 30.7 Å². The zero-order valence-corrected chi connectivity index (χ0v) is 20.1. The van der Waals surface area contributed by atoms with Crippen LogP contribution in [-0.2, 0) is 9.31 Å². The summed E-state index contributed by atoms with van der Waals surface area (Å²) in [6, 6.07) is 14.1. The van der Waals surface area contributed by atoms with Crippen molar-refractivity contribution >= 4 is 23.4 Å². The molecule has 5 heteroatoms. The molecule has 31 heavy (non-hydrogen) atoms. The van der Waals surface area contributed by atoms with Crippen molar-refractivity contribution in [1.82, 2.24) is 4.90 Å². The van der Waals surface area contributed by atoms with Crippen molar-refractivity contribution < 1.29 is 14.0 Å². The van der Waals surface area contributed by atoms with E-state index in [-0.39, 0.29) is 18.3 Å². The van der Waals surface area contributed by atoms with Crippen LogP contribution in [0.5, 0.6) is 5.75 Å². The van der Waals surface area contributed by atoms with Crippen molar-refractivity contribution in [2.24, 2.45) is 0 Å². The zero-order valence-electron chi connectivity index (χ0n) is 20.1. The number of hydrogen-bond donors (Lipinski definition) is 0. The van der Waals surface area contributed by atoms with Crippen LogP contribution in [0.2, 0.25) is 0 Å². The molecule has 2 unspecified atom stereocenters. The smallest absolute Gasteiger partial charge is 0.494 e. The molecule has 2 aromatic carbocycles. The maximum Gasteiger partial charge on any atom is 0.494 e. The summed E-state index contributed by atoms with van der Waals surface area (Å²) in [7, 11) is -0.329. The van der Waals surface area contributed by atoms with E-state index in [9.17, 15) is 0 Å². The average Bonchev–Trinajstić information content (AvgIpc) is 2.93. The molecule has 0 aliphatic carbocycles. The molecule has 0 radical (unpaired) electrons. The van der Waals surface area contributed by atoms with Gasteiger partial charge in [-0.2, -0.15) is 0 Å². The second-order valence-electron chi connectivity index (χ2n) is 10.4. The minimum Gasteiger partial charge on any atom is -0.494 e. The predicted octanol–water partition coefficient (Wildman–Crippen LogP) is 5.17. The zero-order chi connectivity index (χ0) is 22.2. The maximum atomic E-state index is 6.20. The number of rotatable bonds is 6.